The highest BCUT2D eigenvalue weighted by Gasteiger charge is 2.21. The number of nitrogens with zero attached hydrogens (tertiary/aromatic N) is 1. The molecule has 0 aliphatic rings. The Morgan fingerprint density at radius 3 is 1.92 bits per heavy atom. The Kier molecular flexibility index (Phi) is 5.56. The molecule has 0 aliphatic heterocycles. The highest BCUT2D eigenvalue weighted by molar-refractivity contribution is 6.14. The summed E-state index contributed by atoms with van der Waals surface area (Å²) in [7, 11) is 3.98. The van der Waals surface area contributed by atoms with Gasteiger partial charge in [-0.2, -0.15) is 0 Å². The molecule has 0 N–H and O–H groups in total. The zero-order valence-corrected chi connectivity index (χ0v) is 16.8. The molecular formula is C24H29NO. The SMILES string of the molecule is C=C(c1ccc(-c2cc/c(=C(\C(C)=O)C(C)(C)C)c(=C)c2)cc1)N(C)C. The van der Waals surface area contributed by atoms with E-state index in [1.165, 1.54) is 0 Å². The second-order valence-electron chi connectivity index (χ2n) is 7.97. The lowest BCUT2D eigenvalue weighted by atomic mass is 9.82. The fourth-order valence-electron chi connectivity index (χ4n) is 3.25. The molecule has 2 heteroatoms. The number of rotatable bonds is 4. The van der Waals surface area contributed by atoms with Gasteiger partial charge in [-0.1, -0.05) is 70.3 Å². The molecular weight excluding hydrogens is 318 g/mol. The molecule has 26 heavy (non-hydrogen) atoms. The Morgan fingerprint density at radius 1 is 0.962 bits per heavy atom. The van der Waals surface area contributed by atoms with Crippen LogP contribution in [0, 0.1) is 5.41 Å². The van der Waals surface area contributed by atoms with E-state index in [0.717, 1.165) is 38.4 Å². The Balaban J connectivity index is 2.53. The van der Waals surface area contributed by atoms with E-state index >= 15 is 0 Å². The third-order valence-corrected chi connectivity index (χ3v) is 4.57. The second kappa shape index (κ2) is 7.33. The van der Waals surface area contributed by atoms with Crippen molar-refractivity contribution in [3.8, 4) is 11.1 Å². The van der Waals surface area contributed by atoms with E-state index in [1.807, 2.05) is 25.1 Å². The first-order valence-corrected chi connectivity index (χ1v) is 8.84. The molecule has 136 valence electrons. The van der Waals surface area contributed by atoms with Crippen molar-refractivity contribution in [3.05, 3.63) is 65.0 Å². The highest BCUT2D eigenvalue weighted by Crippen LogP contribution is 2.26. The molecule has 0 saturated heterocycles. The fraction of sp³-hybridized carbons (Fsp3) is 0.292. The van der Waals surface area contributed by atoms with Crippen LogP contribution in [-0.4, -0.2) is 24.8 Å². The average Bonchev–Trinajstić information content (AvgIpc) is 2.54. The first kappa shape index (κ1) is 19.7. The maximum Gasteiger partial charge on any atom is 0.156 e. The number of hydrogen-bond donors (Lipinski definition) is 0. The van der Waals surface area contributed by atoms with E-state index in [4.69, 9.17) is 0 Å². The van der Waals surface area contributed by atoms with Crippen LogP contribution in [-0.2, 0) is 4.79 Å². The normalized spacial score (nSPS) is 12.5. The summed E-state index contributed by atoms with van der Waals surface area (Å²) in [5, 5.41) is 1.82. The van der Waals surface area contributed by atoms with Crippen LogP contribution >= 0.6 is 0 Å². The van der Waals surface area contributed by atoms with Crippen LogP contribution in [0.4, 0.5) is 0 Å². The standard InChI is InChI=1S/C24H29NO/c1-16-15-21(13-14-22(16)23(18(3)26)24(4,5)6)20-11-9-19(10-12-20)17(2)25(7)8/h9-15H,1-2H2,3-8H3/b23-22-. The largest absolute Gasteiger partial charge is 0.378 e. The molecule has 2 nitrogen and oxygen atoms in total. The van der Waals surface area contributed by atoms with Crippen LogP contribution < -0.4 is 10.4 Å². The first-order chi connectivity index (χ1) is 12.0. The van der Waals surface area contributed by atoms with Gasteiger partial charge in [0, 0.05) is 25.4 Å². The summed E-state index contributed by atoms with van der Waals surface area (Å²) in [5.74, 6) is 0.0988. The van der Waals surface area contributed by atoms with Gasteiger partial charge in [-0.3, -0.25) is 4.79 Å². The van der Waals surface area contributed by atoms with Gasteiger partial charge in [-0.25, -0.2) is 0 Å². The molecule has 0 aliphatic carbocycles. The van der Waals surface area contributed by atoms with Crippen molar-refractivity contribution in [3.63, 3.8) is 0 Å². The Morgan fingerprint density at radius 2 is 1.50 bits per heavy atom. The summed E-state index contributed by atoms with van der Waals surface area (Å²) in [6, 6.07) is 14.5. The fourth-order valence-corrected chi connectivity index (χ4v) is 3.25. The van der Waals surface area contributed by atoms with Crippen LogP contribution in [0.5, 0.6) is 0 Å². The summed E-state index contributed by atoms with van der Waals surface area (Å²) in [4.78, 5) is 14.2. The minimum Gasteiger partial charge on any atom is -0.378 e. The summed E-state index contributed by atoms with van der Waals surface area (Å²) < 4.78 is 0. The van der Waals surface area contributed by atoms with E-state index < -0.39 is 0 Å². The van der Waals surface area contributed by atoms with Gasteiger partial charge in [-0.05, 0) is 45.5 Å². The molecule has 0 unspecified atom stereocenters. The molecule has 0 aromatic heterocycles. The Bertz CT molecular complexity index is 941. The number of carbonyl (C=O) groups excluding carboxylic acids is 1. The van der Waals surface area contributed by atoms with Gasteiger partial charge in [0.1, 0.15) is 0 Å². The predicted octanol–water partition coefficient (Wildman–Crippen LogP) is 4.08. The van der Waals surface area contributed by atoms with E-state index in [9.17, 15) is 4.79 Å². The summed E-state index contributed by atoms with van der Waals surface area (Å²) in [5.41, 5.74) is 4.91. The van der Waals surface area contributed by atoms with Gasteiger partial charge < -0.3 is 4.90 Å². The van der Waals surface area contributed by atoms with Crippen LogP contribution in [0.1, 0.15) is 33.3 Å². The predicted molar refractivity (Wildman–Crippen MR) is 113 cm³/mol. The van der Waals surface area contributed by atoms with Gasteiger partial charge in [0.15, 0.2) is 5.78 Å². The quantitative estimate of drug-likeness (QED) is 0.830. The van der Waals surface area contributed by atoms with Crippen LogP contribution in [0.25, 0.3) is 29.0 Å². The molecule has 2 rings (SSSR count). The Hall–Kier alpha value is -2.61. The number of hydrogen-bond acceptors (Lipinski definition) is 2. The molecule has 0 bridgehead atoms. The number of Topliss-reactive ketones (excluding diaryl/α,β-unsaturated/α-hetero) is 1. The van der Waals surface area contributed by atoms with Crippen molar-refractivity contribution in [2.24, 2.45) is 5.41 Å². The number of benzene rings is 2. The zero-order chi connectivity index (χ0) is 19.6. The van der Waals surface area contributed by atoms with Crippen molar-refractivity contribution < 1.29 is 4.79 Å². The topological polar surface area (TPSA) is 20.3 Å². The van der Waals surface area contributed by atoms with Gasteiger partial charge in [0.25, 0.3) is 0 Å². The number of ketones is 1. The molecule has 0 radical (unpaired) electrons. The van der Waals surface area contributed by atoms with Crippen LogP contribution in [0.3, 0.4) is 0 Å². The summed E-state index contributed by atoms with van der Waals surface area (Å²) in [6.07, 6.45) is 0. The second-order valence-corrected chi connectivity index (χ2v) is 7.97. The maximum absolute atomic E-state index is 12.2. The molecule has 0 saturated carbocycles. The van der Waals surface area contributed by atoms with Gasteiger partial charge in [-0.15, -0.1) is 0 Å². The van der Waals surface area contributed by atoms with Crippen LogP contribution in [0.15, 0.2) is 49.0 Å². The molecule has 0 atom stereocenters. The molecule has 0 heterocycles. The van der Waals surface area contributed by atoms with Crippen LogP contribution in [0.2, 0.25) is 0 Å². The van der Waals surface area contributed by atoms with E-state index in [-0.39, 0.29) is 11.2 Å². The van der Waals surface area contributed by atoms with Gasteiger partial charge in [0.05, 0.1) is 0 Å². The average molecular weight is 348 g/mol. The molecule has 2 aromatic carbocycles. The minimum absolute atomic E-state index is 0.0988. The van der Waals surface area contributed by atoms with E-state index in [1.54, 1.807) is 6.92 Å². The summed E-state index contributed by atoms with van der Waals surface area (Å²) in [6.45, 7) is 16.1. The van der Waals surface area contributed by atoms with E-state index in [0.29, 0.717) is 0 Å². The number of carbonyl (C=O) groups is 1. The molecule has 2 aromatic rings. The lowest BCUT2D eigenvalue weighted by Crippen LogP contribution is -2.33. The van der Waals surface area contributed by atoms with Crippen molar-refractivity contribution in [1.29, 1.82) is 0 Å². The lowest BCUT2D eigenvalue weighted by molar-refractivity contribution is -0.112. The first-order valence-electron chi connectivity index (χ1n) is 8.84. The third-order valence-electron chi connectivity index (χ3n) is 4.57. The van der Waals surface area contributed by atoms with Gasteiger partial charge >= 0.3 is 0 Å². The van der Waals surface area contributed by atoms with Crippen molar-refractivity contribution in [1.82, 2.24) is 4.90 Å². The maximum atomic E-state index is 12.2. The van der Waals surface area contributed by atoms with Crippen molar-refractivity contribution in [2.45, 2.75) is 27.7 Å². The van der Waals surface area contributed by atoms with Crippen molar-refractivity contribution in [2.75, 3.05) is 14.1 Å². The Labute approximate surface area is 157 Å². The third kappa shape index (κ3) is 4.13. The lowest BCUT2D eigenvalue weighted by Gasteiger charge is -2.21. The van der Waals surface area contributed by atoms with Crippen molar-refractivity contribution >= 4 is 23.6 Å². The molecule has 0 fully saturated rings. The zero-order valence-electron chi connectivity index (χ0n) is 16.8. The van der Waals surface area contributed by atoms with Gasteiger partial charge in [0.2, 0.25) is 0 Å². The monoisotopic (exact) mass is 347 g/mol. The minimum atomic E-state index is -0.214. The smallest absolute Gasteiger partial charge is 0.156 e. The highest BCUT2D eigenvalue weighted by atomic mass is 16.1. The van der Waals surface area contributed by atoms with E-state index in [2.05, 4.69) is 70.3 Å². The molecule has 0 spiro atoms. The summed E-state index contributed by atoms with van der Waals surface area (Å²) >= 11 is 0. The molecule has 0 amide bonds.